The summed E-state index contributed by atoms with van der Waals surface area (Å²) in [5, 5.41) is 9.39. The third-order valence-corrected chi connectivity index (χ3v) is 2.15. The molecule has 1 heterocycles. The van der Waals surface area contributed by atoms with Crippen molar-refractivity contribution in [3.8, 4) is 0 Å². The molecule has 0 aliphatic carbocycles. The summed E-state index contributed by atoms with van der Waals surface area (Å²) in [5.41, 5.74) is 0.383. The SMILES string of the molecule is O=C1C=CC(O)N1C(=O)c1ccccc1. The van der Waals surface area contributed by atoms with Crippen molar-refractivity contribution < 1.29 is 14.7 Å². The van der Waals surface area contributed by atoms with Crippen LogP contribution in [0.1, 0.15) is 10.4 Å². The molecular weight excluding hydrogens is 194 g/mol. The number of benzene rings is 1. The summed E-state index contributed by atoms with van der Waals surface area (Å²) >= 11 is 0. The van der Waals surface area contributed by atoms with Crippen molar-refractivity contribution in [1.29, 1.82) is 0 Å². The van der Waals surface area contributed by atoms with Crippen LogP contribution in [-0.4, -0.2) is 28.0 Å². The van der Waals surface area contributed by atoms with Crippen molar-refractivity contribution in [3.05, 3.63) is 48.0 Å². The molecule has 1 N–H and O–H groups in total. The van der Waals surface area contributed by atoms with Crippen LogP contribution in [0.4, 0.5) is 0 Å². The monoisotopic (exact) mass is 203 g/mol. The Kier molecular flexibility index (Phi) is 2.35. The molecule has 0 saturated heterocycles. The van der Waals surface area contributed by atoms with E-state index in [1.165, 1.54) is 12.2 Å². The lowest BCUT2D eigenvalue weighted by atomic mass is 10.2. The molecule has 1 unspecified atom stereocenters. The Bertz CT molecular complexity index is 425. The molecule has 0 bridgehead atoms. The van der Waals surface area contributed by atoms with Crippen LogP contribution in [0, 0.1) is 0 Å². The number of amides is 2. The van der Waals surface area contributed by atoms with Gasteiger partial charge in [-0.05, 0) is 18.2 Å². The van der Waals surface area contributed by atoms with Crippen LogP contribution in [0.25, 0.3) is 0 Å². The van der Waals surface area contributed by atoms with Crippen LogP contribution in [0.2, 0.25) is 0 Å². The van der Waals surface area contributed by atoms with Crippen LogP contribution in [-0.2, 0) is 4.79 Å². The highest BCUT2D eigenvalue weighted by Gasteiger charge is 2.30. The molecule has 1 aromatic carbocycles. The van der Waals surface area contributed by atoms with Gasteiger partial charge in [-0.3, -0.25) is 9.59 Å². The Morgan fingerprint density at radius 1 is 1.27 bits per heavy atom. The number of aliphatic hydroxyl groups excluding tert-OH is 1. The topological polar surface area (TPSA) is 57.6 Å². The molecule has 0 aromatic heterocycles. The molecular formula is C11H9NO3. The van der Waals surface area contributed by atoms with E-state index in [0.29, 0.717) is 5.56 Å². The molecule has 2 rings (SSSR count). The minimum absolute atomic E-state index is 0.383. The highest BCUT2D eigenvalue weighted by Crippen LogP contribution is 2.13. The fourth-order valence-corrected chi connectivity index (χ4v) is 1.41. The third kappa shape index (κ3) is 1.67. The summed E-state index contributed by atoms with van der Waals surface area (Å²) in [6, 6.07) is 8.37. The average molecular weight is 203 g/mol. The largest absolute Gasteiger partial charge is 0.369 e. The maximum Gasteiger partial charge on any atom is 0.263 e. The van der Waals surface area contributed by atoms with Crippen molar-refractivity contribution in [2.24, 2.45) is 0 Å². The summed E-state index contributed by atoms with van der Waals surface area (Å²) in [5.74, 6) is -0.977. The normalized spacial score (nSPS) is 19.7. The van der Waals surface area contributed by atoms with Gasteiger partial charge in [-0.1, -0.05) is 18.2 Å². The zero-order valence-electron chi connectivity index (χ0n) is 7.83. The van der Waals surface area contributed by atoms with Gasteiger partial charge in [0.15, 0.2) is 6.23 Å². The van der Waals surface area contributed by atoms with Gasteiger partial charge >= 0.3 is 0 Å². The smallest absolute Gasteiger partial charge is 0.263 e. The first-order chi connectivity index (χ1) is 7.20. The number of hydrogen-bond acceptors (Lipinski definition) is 3. The average Bonchev–Trinajstić information content (AvgIpc) is 2.59. The van der Waals surface area contributed by atoms with Crippen molar-refractivity contribution in [2.75, 3.05) is 0 Å². The maximum atomic E-state index is 11.8. The Labute approximate surface area is 86.4 Å². The lowest BCUT2D eigenvalue weighted by molar-refractivity contribution is -0.127. The lowest BCUT2D eigenvalue weighted by Gasteiger charge is -2.18. The first-order valence-electron chi connectivity index (χ1n) is 4.49. The molecule has 0 saturated carbocycles. The molecule has 1 atom stereocenters. The minimum atomic E-state index is -1.15. The van der Waals surface area contributed by atoms with Crippen LogP contribution in [0.3, 0.4) is 0 Å². The van der Waals surface area contributed by atoms with E-state index in [2.05, 4.69) is 0 Å². The van der Waals surface area contributed by atoms with Crippen molar-refractivity contribution >= 4 is 11.8 Å². The maximum absolute atomic E-state index is 11.8. The van der Waals surface area contributed by atoms with E-state index in [1.807, 2.05) is 0 Å². The first-order valence-corrected chi connectivity index (χ1v) is 4.49. The summed E-state index contributed by atoms with van der Waals surface area (Å²) in [4.78, 5) is 23.8. The third-order valence-electron chi connectivity index (χ3n) is 2.15. The predicted octanol–water partition coefficient (Wildman–Crippen LogP) is 0.544. The molecule has 76 valence electrons. The van der Waals surface area contributed by atoms with Gasteiger partial charge < -0.3 is 5.11 Å². The highest BCUT2D eigenvalue weighted by molar-refractivity contribution is 6.09. The molecule has 1 aromatic rings. The number of hydrogen-bond donors (Lipinski definition) is 1. The van der Waals surface area contributed by atoms with Gasteiger partial charge in [0.2, 0.25) is 0 Å². The Morgan fingerprint density at radius 3 is 2.47 bits per heavy atom. The van der Waals surface area contributed by atoms with Crippen molar-refractivity contribution in [2.45, 2.75) is 6.23 Å². The molecule has 0 fully saturated rings. The van der Waals surface area contributed by atoms with E-state index < -0.39 is 18.0 Å². The second-order valence-corrected chi connectivity index (χ2v) is 3.15. The van der Waals surface area contributed by atoms with E-state index in [-0.39, 0.29) is 0 Å². The highest BCUT2D eigenvalue weighted by atomic mass is 16.3. The van der Waals surface area contributed by atoms with Gasteiger partial charge in [-0.2, -0.15) is 0 Å². The van der Waals surface area contributed by atoms with E-state index in [0.717, 1.165) is 4.90 Å². The number of nitrogens with zero attached hydrogens (tertiary/aromatic N) is 1. The summed E-state index contributed by atoms with van der Waals surface area (Å²) in [7, 11) is 0. The second-order valence-electron chi connectivity index (χ2n) is 3.15. The van der Waals surface area contributed by atoms with E-state index in [1.54, 1.807) is 30.3 Å². The van der Waals surface area contributed by atoms with Crippen LogP contribution in [0.5, 0.6) is 0 Å². The Morgan fingerprint density at radius 2 is 1.93 bits per heavy atom. The molecule has 4 nitrogen and oxygen atoms in total. The number of rotatable bonds is 1. The van der Waals surface area contributed by atoms with Gasteiger partial charge in [0, 0.05) is 11.6 Å². The summed E-state index contributed by atoms with van der Waals surface area (Å²) in [6.45, 7) is 0. The van der Waals surface area contributed by atoms with Gasteiger partial charge in [0.1, 0.15) is 0 Å². The molecule has 0 spiro atoms. The molecule has 4 heteroatoms. The molecule has 1 aliphatic heterocycles. The predicted molar refractivity (Wildman–Crippen MR) is 52.8 cm³/mol. The van der Waals surface area contributed by atoms with E-state index in [9.17, 15) is 14.7 Å². The Hall–Kier alpha value is -1.94. The summed E-state index contributed by atoms with van der Waals surface area (Å²) in [6.07, 6.45) is 1.32. The zero-order valence-corrected chi connectivity index (χ0v) is 7.83. The zero-order chi connectivity index (χ0) is 10.8. The number of carbonyl (C=O) groups excluding carboxylic acids is 2. The van der Waals surface area contributed by atoms with Crippen LogP contribution in [0.15, 0.2) is 42.5 Å². The number of aliphatic hydroxyl groups is 1. The number of carbonyl (C=O) groups is 2. The van der Waals surface area contributed by atoms with Crippen LogP contribution >= 0.6 is 0 Å². The quantitative estimate of drug-likeness (QED) is 0.678. The van der Waals surface area contributed by atoms with E-state index >= 15 is 0 Å². The fourth-order valence-electron chi connectivity index (χ4n) is 1.41. The first kappa shape index (κ1) is 9.61. The Balaban J connectivity index is 2.26. The van der Waals surface area contributed by atoms with Gasteiger partial charge in [-0.25, -0.2) is 4.90 Å². The van der Waals surface area contributed by atoms with Crippen molar-refractivity contribution in [1.82, 2.24) is 4.90 Å². The fraction of sp³-hybridized carbons (Fsp3) is 0.0909. The second kappa shape index (κ2) is 3.67. The summed E-state index contributed by atoms with van der Waals surface area (Å²) < 4.78 is 0. The van der Waals surface area contributed by atoms with Gasteiger partial charge in [-0.15, -0.1) is 0 Å². The number of imide groups is 1. The molecule has 2 amide bonds. The standard InChI is InChI=1S/C11H9NO3/c13-9-6-7-10(14)12(9)11(15)8-4-2-1-3-5-8/h1-7,9,13H. The molecule has 0 radical (unpaired) electrons. The van der Waals surface area contributed by atoms with Gasteiger partial charge in [0.05, 0.1) is 0 Å². The van der Waals surface area contributed by atoms with Crippen LogP contribution < -0.4 is 0 Å². The molecule has 15 heavy (non-hydrogen) atoms. The lowest BCUT2D eigenvalue weighted by Crippen LogP contribution is -2.39. The molecule has 1 aliphatic rings. The van der Waals surface area contributed by atoms with Crippen molar-refractivity contribution in [3.63, 3.8) is 0 Å². The van der Waals surface area contributed by atoms with Gasteiger partial charge in [0.25, 0.3) is 11.8 Å². The van der Waals surface area contributed by atoms with E-state index in [4.69, 9.17) is 0 Å². The minimum Gasteiger partial charge on any atom is -0.369 e.